The van der Waals surface area contributed by atoms with E-state index in [4.69, 9.17) is 0 Å². The van der Waals surface area contributed by atoms with E-state index in [1.807, 2.05) is 18.0 Å². The van der Waals surface area contributed by atoms with Gasteiger partial charge in [-0.3, -0.25) is 9.69 Å². The Hall–Kier alpha value is -1.48. The van der Waals surface area contributed by atoms with Gasteiger partial charge in [-0.1, -0.05) is 24.3 Å². The van der Waals surface area contributed by atoms with Gasteiger partial charge in [0.25, 0.3) is 10.2 Å². The third-order valence-corrected chi connectivity index (χ3v) is 7.62. The maximum atomic E-state index is 12.9. The molecule has 8 heteroatoms. The number of hydrogen-bond acceptors (Lipinski definition) is 4. The highest BCUT2D eigenvalue weighted by Gasteiger charge is 2.31. The first-order valence-corrected chi connectivity index (χ1v) is 10.9. The van der Waals surface area contributed by atoms with E-state index >= 15 is 0 Å². The fraction of sp³-hybridized carbons (Fsp3) is 0.632. The first kappa shape index (κ1) is 20.3. The summed E-state index contributed by atoms with van der Waals surface area (Å²) in [5.74, 6) is 0.0978. The average molecular weight is 395 g/mol. The summed E-state index contributed by atoms with van der Waals surface area (Å²) in [4.78, 5) is 16.8. The molecule has 0 radical (unpaired) electrons. The van der Waals surface area contributed by atoms with Crippen LogP contribution in [0.5, 0.6) is 0 Å². The third-order valence-electron chi connectivity index (χ3n) is 5.68. The molecule has 0 unspecified atom stereocenters. The zero-order valence-electron chi connectivity index (χ0n) is 16.5. The second-order valence-corrected chi connectivity index (χ2v) is 9.72. The summed E-state index contributed by atoms with van der Waals surface area (Å²) in [6.45, 7) is 2.33. The molecule has 1 fully saturated rings. The van der Waals surface area contributed by atoms with Gasteiger partial charge < -0.3 is 4.90 Å². The van der Waals surface area contributed by atoms with Crippen LogP contribution in [0.3, 0.4) is 0 Å². The molecular formula is C19H30N4O3S. The summed E-state index contributed by atoms with van der Waals surface area (Å²) < 4.78 is 27.1. The molecule has 0 saturated carbocycles. The number of aryl methyl sites for hydroxylation is 1. The monoisotopic (exact) mass is 394 g/mol. The topological polar surface area (TPSA) is 64.2 Å². The van der Waals surface area contributed by atoms with Crippen molar-refractivity contribution in [3.8, 4) is 0 Å². The average Bonchev–Trinajstić information content (AvgIpc) is 2.67. The van der Waals surface area contributed by atoms with E-state index in [9.17, 15) is 13.2 Å². The number of benzene rings is 1. The zero-order chi connectivity index (χ0) is 19.6. The van der Waals surface area contributed by atoms with E-state index in [1.165, 1.54) is 19.7 Å². The molecule has 1 aromatic carbocycles. The van der Waals surface area contributed by atoms with Gasteiger partial charge in [-0.2, -0.15) is 17.0 Å². The van der Waals surface area contributed by atoms with E-state index in [0.29, 0.717) is 32.7 Å². The van der Waals surface area contributed by atoms with Gasteiger partial charge in [0.1, 0.15) is 0 Å². The van der Waals surface area contributed by atoms with Crippen LogP contribution in [0, 0.1) is 0 Å². The molecule has 27 heavy (non-hydrogen) atoms. The second-order valence-electron chi connectivity index (χ2n) is 7.58. The standard InChI is InChI=1S/C19H30N4O3S/c1-20(2)27(25,26)23-13-11-22(12-14-23)15-19(24)21(3)18-10-6-8-16-7-4-5-9-17(16)18/h4-5,7,9,18H,6,8,10-15H2,1-3H3/t18-/m0/s1. The van der Waals surface area contributed by atoms with Crippen LogP contribution in [-0.4, -0.2) is 86.6 Å². The number of carbonyl (C=O) groups excluding carboxylic acids is 1. The van der Waals surface area contributed by atoms with Crippen LogP contribution in [0.1, 0.15) is 30.0 Å². The minimum atomic E-state index is -3.37. The molecule has 1 heterocycles. The van der Waals surface area contributed by atoms with Gasteiger partial charge >= 0.3 is 0 Å². The highest BCUT2D eigenvalue weighted by atomic mass is 32.2. The summed E-state index contributed by atoms with van der Waals surface area (Å²) in [7, 11) is 1.60. The summed E-state index contributed by atoms with van der Waals surface area (Å²) in [5, 5.41) is 0. The van der Waals surface area contributed by atoms with E-state index in [-0.39, 0.29) is 11.9 Å². The summed E-state index contributed by atoms with van der Waals surface area (Å²) in [6, 6.07) is 8.53. The summed E-state index contributed by atoms with van der Waals surface area (Å²) >= 11 is 0. The molecule has 1 atom stereocenters. The molecule has 1 saturated heterocycles. The number of likely N-dealkylation sites (N-methyl/N-ethyl adjacent to an activating group) is 1. The SMILES string of the molecule is CN(C(=O)CN1CCN(S(=O)(=O)N(C)C)CC1)[C@H]1CCCc2ccccc21. The quantitative estimate of drug-likeness (QED) is 0.746. The number of rotatable bonds is 5. The zero-order valence-corrected chi connectivity index (χ0v) is 17.3. The first-order valence-electron chi connectivity index (χ1n) is 9.54. The maximum Gasteiger partial charge on any atom is 0.281 e. The first-order chi connectivity index (χ1) is 12.8. The summed E-state index contributed by atoms with van der Waals surface area (Å²) in [5.41, 5.74) is 2.61. The van der Waals surface area contributed by atoms with Gasteiger partial charge in [0, 0.05) is 47.3 Å². The van der Waals surface area contributed by atoms with Crippen LogP contribution in [0.4, 0.5) is 0 Å². The van der Waals surface area contributed by atoms with Crippen LogP contribution in [0.2, 0.25) is 0 Å². The molecule has 150 valence electrons. The Balaban J connectivity index is 1.58. The van der Waals surface area contributed by atoms with Gasteiger partial charge in [-0.05, 0) is 30.4 Å². The number of fused-ring (bicyclic) bond motifs is 1. The van der Waals surface area contributed by atoms with Crippen LogP contribution in [-0.2, 0) is 21.4 Å². The highest BCUT2D eigenvalue weighted by Crippen LogP contribution is 2.33. The lowest BCUT2D eigenvalue weighted by Gasteiger charge is -2.37. The van der Waals surface area contributed by atoms with Crippen molar-refractivity contribution in [2.24, 2.45) is 0 Å². The van der Waals surface area contributed by atoms with Crippen molar-refractivity contribution in [1.29, 1.82) is 0 Å². The minimum Gasteiger partial charge on any atom is -0.338 e. The van der Waals surface area contributed by atoms with Gasteiger partial charge in [0.15, 0.2) is 0 Å². The van der Waals surface area contributed by atoms with Gasteiger partial charge in [0.2, 0.25) is 5.91 Å². The van der Waals surface area contributed by atoms with Crippen molar-refractivity contribution in [3.63, 3.8) is 0 Å². The van der Waals surface area contributed by atoms with Crippen molar-refractivity contribution in [2.45, 2.75) is 25.3 Å². The lowest BCUT2D eigenvalue weighted by atomic mass is 9.87. The van der Waals surface area contributed by atoms with Crippen molar-refractivity contribution < 1.29 is 13.2 Å². The van der Waals surface area contributed by atoms with E-state index in [2.05, 4.69) is 23.1 Å². The highest BCUT2D eigenvalue weighted by molar-refractivity contribution is 7.86. The Bertz CT molecular complexity index is 773. The Morgan fingerprint density at radius 1 is 1.11 bits per heavy atom. The van der Waals surface area contributed by atoms with E-state index < -0.39 is 10.2 Å². The number of hydrogen-bond donors (Lipinski definition) is 0. The molecule has 1 aromatic rings. The van der Waals surface area contributed by atoms with Crippen molar-refractivity contribution >= 4 is 16.1 Å². The number of amides is 1. The van der Waals surface area contributed by atoms with E-state index in [0.717, 1.165) is 19.3 Å². The smallest absolute Gasteiger partial charge is 0.281 e. The van der Waals surface area contributed by atoms with Crippen molar-refractivity contribution in [3.05, 3.63) is 35.4 Å². The largest absolute Gasteiger partial charge is 0.338 e. The number of piperazine rings is 1. The predicted octanol–water partition coefficient (Wildman–Crippen LogP) is 0.946. The third kappa shape index (κ3) is 4.34. The molecule has 1 aliphatic heterocycles. The second kappa shape index (κ2) is 8.26. The predicted molar refractivity (Wildman–Crippen MR) is 106 cm³/mol. The number of carbonyl (C=O) groups is 1. The molecule has 7 nitrogen and oxygen atoms in total. The Labute approximate surface area is 162 Å². The Morgan fingerprint density at radius 3 is 2.44 bits per heavy atom. The van der Waals surface area contributed by atoms with Crippen LogP contribution in [0.15, 0.2) is 24.3 Å². The lowest BCUT2D eigenvalue weighted by Crippen LogP contribution is -2.53. The van der Waals surface area contributed by atoms with Crippen molar-refractivity contribution in [2.75, 3.05) is 53.9 Å². The Kier molecular flexibility index (Phi) is 6.20. The minimum absolute atomic E-state index is 0.0978. The molecule has 2 aliphatic rings. The molecule has 1 aliphatic carbocycles. The molecule has 0 spiro atoms. The van der Waals surface area contributed by atoms with Gasteiger partial charge in [-0.15, -0.1) is 0 Å². The van der Waals surface area contributed by atoms with Gasteiger partial charge in [-0.25, -0.2) is 0 Å². The molecular weight excluding hydrogens is 364 g/mol. The van der Waals surface area contributed by atoms with Crippen LogP contribution < -0.4 is 0 Å². The van der Waals surface area contributed by atoms with Crippen LogP contribution in [0.25, 0.3) is 0 Å². The fourth-order valence-corrected chi connectivity index (χ4v) is 5.04. The molecule has 3 rings (SSSR count). The van der Waals surface area contributed by atoms with Gasteiger partial charge in [0.05, 0.1) is 12.6 Å². The number of nitrogens with zero attached hydrogens (tertiary/aromatic N) is 4. The molecule has 0 aromatic heterocycles. The molecule has 1 amide bonds. The van der Waals surface area contributed by atoms with Crippen LogP contribution >= 0.6 is 0 Å². The maximum absolute atomic E-state index is 12.9. The Morgan fingerprint density at radius 2 is 1.78 bits per heavy atom. The normalized spacial score (nSPS) is 21.9. The van der Waals surface area contributed by atoms with Crippen molar-refractivity contribution in [1.82, 2.24) is 18.4 Å². The summed E-state index contributed by atoms with van der Waals surface area (Å²) in [6.07, 6.45) is 3.17. The van der Waals surface area contributed by atoms with E-state index in [1.54, 1.807) is 14.1 Å². The molecule has 0 N–H and O–H groups in total. The fourth-order valence-electron chi connectivity index (χ4n) is 3.96. The molecule has 0 bridgehead atoms. The lowest BCUT2D eigenvalue weighted by molar-refractivity contribution is -0.133.